The number of rotatable bonds is 5. The Morgan fingerprint density at radius 1 is 1.10 bits per heavy atom. The highest BCUT2D eigenvalue weighted by Crippen LogP contribution is 2.29. The average Bonchev–Trinajstić information content (AvgIpc) is 2.48. The zero-order chi connectivity index (χ0) is 15.4. The Bertz CT molecular complexity index is 601. The lowest BCUT2D eigenvalue weighted by Crippen LogP contribution is -2.33. The summed E-state index contributed by atoms with van der Waals surface area (Å²) in [6.45, 7) is 2.25. The summed E-state index contributed by atoms with van der Waals surface area (Å²) in [5.41, 5.74) is 7.25. The van der Waals surface area contributed by atoms with Gasteiger partial charge >= 0.3 is 0 Å². The molecular weight excluding hydrogens is 270 g/mol. The molecule has 21 heavy (non-hydrogen) atoms. The first-order valence-electron chi connectivity index (χ1n) is 6.96. The predicted octanol–water partition coefficient (Wildman–Crippen LogP) is 3.66. The maximum Gasteiger partial charge on any atom is 0.127 e. The molecule has 4 heteroatoms. The summed E-state index contributed by atoms with van der Waals surface area (Å²) in [6.07, 6.45) is 0. The van der Waals surface area contributed by atoms with Crippen molar-refractivity contribution in [2.24, 2.45) is 5.73 Å². The third kappa shape index (κ3) is 3.46. The van der Waals surface area contributed by atoms with Crippen molar-refractivity contribution in [3.8, 4) is 0 Å². The highest BCUT2D eigenvalue weighted by atomic mass is 19.1. The van der Waals surface area contributed by atoms with Crippen molar-refractivity contribution in [3.63, 3.8) is 0 Å². The molecule has 2 N–H and O–H groups in total. The second kappa shape index (κ2) is 6.78. The van der Waals surface area contributed by atoms with E-state index in [1.807, 2.05) is 31.0 Å². The number of likely N-dealkylation sites (N-methyl/N-ethyl adjacent to an activating group) is 1. The van der Waals surface area contributed by atoms with Crippen LogP contribution in [0.3, 0.4) is 0 Å². The van der Waals surface area contributed by atoms with Crippen LogP contribution in [0.4, 0.5) is 8.78 Å². The van der Waals surface area contributed by atoms with E-state index in [2.05, 4.69) is 0 Å². The molecule has 2 aromatic rings. The number of hydrogen-bond donors (Lipinski definition) is 1. The van der Waals surface area contributed by atoms with Crippen molar-refractivity contribution >= 4 is 0 Å². The third-order valence-corrected chi connectivity index (χ3v) is 3.91. The molecule has 2 rings (SSSR count). The average molecular weight is 290 g/mol. The van der Waals surface area contributed by atoms with Crippen LogP contribution in [0.15, 0.2) is 48.5 Å². The van der Waals surface area contributed by atoms with Crippen molar-refractivity contribution in [1.82, 2.24) is 4.90 Å². The topological polar surface area (TPSA) is 29.3 Å². The lowest BCUT2D eigenvalue weighted by Gasteiger charge is -2.33. The molecule has 2 atom stereocenters. The van der Waals surface area contributed by atoms with Crippen molar-refractivity contribution in [2.45, 2.75) is 19.0 Å². The number of nitrogens with two attached hydrogens (primary N) is 1. The van der Waals surface area contributed by atoms with Crippen LogP contribution in [0.2, 0.25) is 0 Å². The van der Waals surface area contributed by atoms with E-state index in [9.17, 15) is 8.78 Å². The van der Waals surface area contributed by atoms with Gasteiger partial charge in [0, 0.05) is 24.2 Å². The molecule has 0 amide bonds. The first-order valence-corrected chi connectivity index (χ1v) is 6.96. The Kier molecular flexibility index (Phi) is 5.04. The smallest absolute Gasteiger partial charge is 0.127 e. The Labute approximate surface area is 124 Å². The zero-order valence-corrected chi connectivity index (χ0v) is 12.3. The van der Waals surface area contributed by atoms with E-state index in [1.165, 1.54) is 18.2 Å². The molecule has 2 nitrogen and oxygen atoms in total. The molecule has 0 saturated heterocycles. The number of halogens is 2. The summed E-state index contributed by atoms with van der Waals surface area (Å²) in [5.74, 6) is -0.537. The first-order chi connectivity index (χ1) is 10.0. The molecule has 0 saturated carbocycles. The van der Waals surface area contributed by atoms with Gasteiger partial charge in [0.15, 0.2) is 0 Å². The second-order valence-electron chi connectivity index (χ2n) is 5.17. The summed E-state index contributed by atoms with van der Waals surface area (Å²) in [4.78, 5) is 1.97. The molecule has 2 aromatic carbocycles. The first kappa shape index (κ1) is 15.6. The maximum atomic E-state index is 13.9. The minimum atomic E-state index is -0.294. The Hall–Kier alpha value is -1.78. The van der Waals surface area contributed by atoms with E-state index >= 15 is 0 Å². The molecule has 0 heterocycles. The largest absolute Gasteiger partial charge is 0.329 e. The monoisotopic (exact) mass is 290 g/mol. The van der Waals surface area contributed by atoms with Crippen LogP contribution in [0, 0.1) is 11.6 Å². The fraction of sp³-hybridized carbons (Fsp3) is 0.294. The van der Waals surface area contributed by atoms with Crippen LogP contribution in [0.25, 0.3) is 0 Å². The van der Waals surface area contributed by atoms with Crippen molar-refractivity contribution < 1.29 is 8.78 Å². The summed E-state index contributed by atoms with van der Waals surface area (Å²) in [5, 5.41) is 0. The molecule has 2 unspecified atom stereocenters. The number of nitrogens with zero attached hydrogens (tertiary/aromatic N) is 1. The van der Waals surface area contributed by atoms with Crippen LogP contribution in [-0.2, 0) is 0 Å². The van der Waals surface area contributed by atoms with Crippen LogP contribution >= 0.6 is 0 Å². The molecule has 0 bridgehead atoms. The number of benzene rings is 2. The fourth-order valence-electron chi connectivity index (χ4n) is 2.55. The molecule has 0 aromatic heterocycles. The van der Waals surface area contributed by atoms with Gasteiger partial charge in [0.2, 0.25) is 0 Å². The Balaban J connectivity index is 2.28. The van der Waals surface area contributed by atoms with Gasteiger partial charge in [-0.1, -0.05) is 30.3 Å². The third-order valence-electron chi connectivity index (χ3n) is 3.91. The minimum absolute atomic E-state index is 0.164. The molecular formula is C17H20F2N2. The van der Waals surface area contributed by atoms with Gasteiger partial charge in [0.25, 0.3) is 0 Å². The summed E-state index contributed by atoms with van der Waals surface area (Å²) < 4.78 is 27.3. The molecule has 0 fully saturated rings. The van der Waals surface area contributed by atoms with Gasteiger partial charge in [0.05, 0.1) is 0 Å². The molecule has 0 radical (unpaired) electrons. The van der Waals surface area contributed by atoms with Gasteiger partial charge in [-0.15, -0.1) is 0 Å². The van der Waals surface area contributed by atoms with Crippen molar-refractivity contribution in [2.75, 3.05) is 13.6 Å². The minimum Gasteiger partial charge on any atom is -0.329 e. The summed E-state index contributed by atoms with van der Waals surface area (Å²) in [6, 6.07) is 12.7. The van der Waals surface area contributed by atoms with Gasteiger partial charge < -0.3 is 5.73 Å². The van der Waals surface area contributed by atoms with Crippen LogP contribution in [0.5, 0.6) is 0 Å². The second-order valence-corrected chi connectivity index (χ2v) is 5.17. The van der Waals surface area contributed by atoms with Gasteiger partial charge in [0.1, 0.15) is 11.6 Å². The summed E-state index contributed by atoms with van der Waals surface area (Å²) >= 11 is 0. The normalized spacial score (nSPS) is 14.2. The fourth-order valence-corrected chi connectivity index (χ4v) is 2.55. The summed E-state index contributed by atoms with van der Waals surface area (Å²) in [7, 11) is 1.87. The van der Waals surface area contributed by atoms with Gasteiger partial charge in [-0.05, 0) is 37.7 Å². The van der Waals surface area contributed by atoms with E-state index in [0.717, 1.165) is 5.56 Å². The van der Waals surface area contributed by atoms with Gasteiger partial charge in [-0.3, -0.25) is 4.90 Å². The SMILES string of the molecule is CC(c1ccccc1F)N(C)C(CN)c1cccc(F)c1. The highest BCUT2D eigenvalue weighted by Gasteiger charge is 2.23. The number of hydrogen-bond acceptors (Lipinski definition) is 2. The Morgan fingerprint density at radius 3 is 2.43 bits per heavy atom. The van der Waals surface area contributed by atoms with E-state index in [-0.39, 0.29) is 23.7 Å². The van der Waals surface area contributed by atoms with E-state index in [4.69, 9.17) is 5.73 Å². The molecule has 112 valence electrons. The van der Waals surface area contributed by atoms with E-state index < -0.39 is 0 Å². The predicted molar refractivity (Wildman–Crippen MR) is 80.8 cm³/mol. The van der Waals surface area contributed by atoms with Gasteiger partial charge in [-0.25, -0.2) is 8.78 Å². The van der Waals surface area contributed by atoms with Crippen LogP contribution in [-0.4, -0.2) is 18.5 Å². The quantitative estimate of drug-likeness (QED) is 0.910. The van der Waals surface area contributed by atoms with E-state index in [1.54, 1.807) is 18.2 Å². The molecule has 0 spiro atoms. The standard InChI is InChI=1S/C17H20F2N2/c1-12(15-8-3-4-9-16(15)19)21(2)17(11-20)13-6-5-7-14(18)10-13/h3-10,12,17H,11,20H2,1-2H3. The highest BCUT2D eigenvalue weighted by molar-refractivity contribution is 5.24. The molecule has 0 aliphatic carbocycles. The van der Waals surface area contributed by atoms with Gasteiger partial charge in [-0.2, -0.15) is 0 Å². The van der Waals surface area contributed by atoms with Crippen LogP contribution < -0.4 is 5.73 Å². The zero-order valence-electron chi connectivity index (χ0n) is 12.3. The van der Waals surface area contributed by atoms with Crippen molar-refractivity contribution in [3.05, 3.63) is 71.3 Å². The van der Waals surface area contributed by atoms with Crippen molar-refractivity contribution in [1.29, 1.82) is 0 Å². The molecule has 0 aliphatic heterocycles. The molecule has 0 aliphatic rings. The van der Waals surface area contributed by atoms with Crippen LogP contribution in [0.1, 0.15) is 30.1 Å². The maximum absolute atomic E-state index is 13.9. The lowest BCUT2D eigenvalue weighted by atomic mass is 10.0. The van der Waals surface area contributed by atoms with E-state index in [0.29, 0.717) is 12.1 Å². The lowest BCUT2D eigenvalue weighted by molar-refractivity contribution is 0.186. The Morgan fingerprint density at radius 2 is 1.81 bits per heavy atom.